The molecule has 0 radical (unpaired) electrons. The van der Waals surface area contributed by atoms with Gasteiger partial charge in [0.25, 0.3) is 0 Å². The maximum Gasteiger partial charge on any atom is 0.224 e. The lowest BCUT2D eigenvalue weighted by atomic mass is 10.2. The molecular weight excluding hydrogens is 310 g/mol. The Kier molecular flexibility index (Phi) is 4.74. The average molecular weight is 326 g/mol. The second kappa shape index (κ2) is 7.11. The fourth-order valence-corrected chi connectivity index (χ4v) is 2.43. The molecule has 23 heavy (non-hydrogen) atoms. The lowest BCUT2D eigenvalue weighted by Crippen LogP contribution is -2.12. The van der Waals surface area contributed by atoms with Gasteiger partial charge >= 0.3 is 0 Å². The second-order valence-corrected chi connectivity index (χ2v) is 5.56. The maximum atomic E-state index is 12.0. The van der Waals surface area contributed by atoms with E-state index in [4.69, 9.17) is 11.6 Å². The number of anilines is 1. The van der Waals surface area contributed by atoms with Gasteiger partial charge in [0.05, 0.1) is 22.6 Å². The molecule has 2 aromatic carbocycles. The van der Waals surface area contributed by atoms with Gasteiger partial charge in [-0.1, -0.05) is 41.9 Å². The smallest absolute Gasteiger partial charge is 0.224 e. The molecule has 1 aromatic heterocycles. The molecule has 3 rings (SSSR count). The van der Waals surface area contributed by atoms with Crippen LogP contribution < -0.4 is 5.32 Å². The number of para-hydroxylation sites is 2. The number of aromatic nitrogens is 2. The number of nitrogens with one attached hydrogen (secondary N) is 1. The van der Waals surface area contributed by atoms with Crippen LogP contribution in [-0.4, -0.2) is 15.7 Å². The van der Waals surface area contributed by atoms with Crippen LogP contribution in [0.4, 0.5) is 5.69 Å². The van der Waals surface area contributed by atoms with Gasteiger partial charge in [-0.2, -0.15) is 5.10 Å². The van der Waals surface area contributed by atoms with Crippen LogP contribution in [0.15, 0.2) is 67.0 Å². The van der Waals surface area contributed by atoms with Crippen molar-refractivity contribution in [3.05, 3.63) is 77.6 Å². The third-order valence-corrected chi connectivity index (χ3v) is 3.78. The minimum absolute atomic E-state index is 0.0643. The lowest BCUT2D eigenvalue weighted by molar-refractivity contribution is -0.116. The molecule has 0 saturated heterocycles. The molecule has 0 aliphatic heterocycles. The van der Waals surface area contributed by atoms with Crippen LogP contribution in [0.2, 0.25) is 5.02 Å². The molecule has 5 heteroatoms. The van der Waals surface area contributed by atoms with Crippen LogP contribution in [-0.2, 0) is 11.2 Å². The van der Waals surface area contributed by atoms with Crippen molar-refractivity contribution in [3.63, 3.8) is 0 Å². The summed E-state index contributed by atoms with van der Waals surface area (Å²) in [5, 5.41) is 7.69. The van der Waals surface area contributed by atoms with E-state index in [1.807, 2.05) is 48.7 Å². The summed E-state index contributed by atoms with van der Waals surface area (Å²) in [6.07, 6.45) is 4.74. The molecule has 1 heterocycles. The van der Waals surface area contributed by atoms with E-state index in [9.17, 15) is 4.79 Å². The molecule has 1 N–H and O–H groups in total. The SMILES string of the molecule is O=C(CCc1cnn(-c2ccccc2)c1)Nc1ccccc1Cl. The van der Waals surface area contributed by atoms with Crippen molar-refractivity contribution in [1.82, 2.24) is 9.78 Å². The van der Waals surface area contributed by atoms with Gasteiger partial charge in [0, 0.05) is 12.6 Å². The molecule has 116 valence electrons. The number of carbonyl (C=O) groups excluding carboxylic acids is 1. The third kappa shape index (κ3) is 3.99. The zero-order chi connectivity index (χ0) is 16.1. The summed E-state index contributed by atoms with van der Waals surface area (Å²) < 4.78 is 1.81. The molecule has 0 fully saturated rings. The molecule has 0 unspecified atom stereocenters. The molecule has 0 aliphatic rings. The van der Waals surface area contributed by atoms with E-state index in [-0.39, 0.29) is 5.91 Å². The normalized spacial score (nSPS) is 10.5. The highest BCUT2D eigenvalue weighted by molar-refractivity contribution is 6.33. The molecule has 0 spiro atoms. The van der Waals surface area contributed by atoms with Crippen LogP contribution in [0, 0.1) is 0 Å². The Morgan fingerprint density at radius 3 is 2.61 bits per heavy atom. The summed E-state index contributed by atoms with van der Waals surface area (Å²) in [7, 11) is 0. The second-order valence-electron chi connectivity index (χ2n) is 5.16. The fraction of sp³-hybridized carbons (Fsp3) is 0.111. The van der Waals surface area contributed by atoms with E-state index in [1.165, 1.54) is 0 Å². The third-order valence-electron chi connectivity index (χ3n) is 3.45. The first-order valence-electron chi connectivity index (χ1n) is 7.36. The van der Waals surface area contributed by atoms with Gasteiger partial charge in [-0.25, -0.2) is 4.68 Å². The van der Waals surface area contributed by atoms with Crippen molar-refractivity contribution >= 4 is 23.2 Å². The molecule has 3 aromatic rings. The van der Waals surface area contributed by atoms with Crippen LogP contribution in [0.1, 0.15) is 12.0 Å². The predicted molar refractivity (Wildman–Crippen MR) is 92.0 cm³/mol. The molecule has 0 saturated carbocycles. The van der Waals surface area contributed by atoms with Crippen molar-refractivity contribution in [2.24, 2.45) is 0 Å². The zero-order valence-electron chi connectivity index (χ0n) is 12.4. The highest BCUT2D eigenvalue weighted by atomic mass is 35.5. The Balaban J connectivity index is 1.58. The summed E-state index contributed by atoms with van der Waals surface area (Å²) in [4.78, 5) is 12.0. The van der Waals surface area contributed by atoms with E-state index in [0.717, 1.165) is 11.3 Å². The summed E-state index contributed by atoms with van der Waals surface area (Å²) in [5.74, 6) is -0.0643. The van der Waals surface area contributed by atoms with Crippen molar-refractivity contribution in [1.29, 1.82) is 0 Å². The molecule has 0 bridgehead atoms. The number of amides is 1. The highest BCUT2D eigenvalue weighted by Gasteiger charge is 2.07. The lowest BCUT2D eigenvalue weighted by Gasteiger charge is -2.06. The van der Waals surface area contributed by atoms with Crippen molar-refractivity contribution in [3.8, 4) is 5.69 Å². The van der Waals surface area contributed by atoms with Crippen LogP contribution in [0.5, 0.6) is 0 Å². The van der Waals surface area contributed by atoms with Crippen LogP contribution >= 0.6 is 11.6 Å². The number of carbonyl (C=O) groups is 1. The van der Waals surface area contributed by atoms with E-state index >= 15 is 0 Å². The Morgan fingerprint density at radius 1 is 1.09 bits per heavy atom. The Bertz CT molecular complexity index is 799. The molecular formula is C18H16ClN3O. The summed E-state index contributed by atoms with van der Waals surface area (Å²) in [6.45, 7) is 0. The highest BCUT2D eigenvalue weighted by Crippen LogP contribution is 2.20. The summed E-state index contributed by atoms with van der Waals surface area (Å²) in [5.41, 5.74) is 2.65. The van der Waals surface area contributed by atoms with Gasteiger partial charge in [-0.15, -0.1) is 0 Å². The zero-order valence-corrected chi connectivity index (χ0v) is 13.2. The van der Waals surface area contributed by atoms with Crippen LogP contribution in [0.25, 0.3) is 5.69 Å². The van der Waals surface area contributed by atoms with Crippen molar-refractivity contribution in [2.45, 2.75) is 12.8 Å². The van der Waals surface area contributed by atoms with Gasteiger partial charge in [0.1, 0.15) is 0 Å². The number of nitrogens with zero attached hydrogens (tertiary/aromatic N) is 2. The van der Waals surface area contributed by atoms with E-state index < -0.39 is 0 Å². The van der Waals surface area contributed by atoms with E-state index in [0.29, 0.717) is 23.6 Å². The van der Waals surface area contributed by atoms with Crippen molar-refractivity contribution in [2.75, 3.05) is 5.32 Å². The maximum absolute atomic E-state index is 12.0. The molecule has 0 atom stereocenters. The van der Waals surface area contributed by atoms with E-state index in [1.54, 1.807) is 23.0 Å². The van der Waals surface area contributed by atoms with E-state index in [2.05, 4.69) is 10.4 Å². The van der Waals surface area contributed by atoms with Gasteiger partial charge in [0.15, 0.2) is 0 Å². The Hall–Kier alpha value is -2.59. The first kappa shape index (κ1) is 15.3. The number of aryl methyl sites for hydroxylation is 1. The van der Waals surface area contributed by atoms with Crippen molar-refractivity contribution < 1.29 is 4.79 Å². The topological polar surface area (TPSA) is 46.9 Å². The predicted octanol–water partition coefficient (Wildman–Crippen LogP) is 4.10. The number of rotatable bonds is 5. The summed E-state index contributed by atoms with van der Waals surface area (Å²) >= 11 is 6.03. The van der Waals surface area contributed by atoms with Gasteiger partial charge < -0.3 is 5.32 Å². The molecule has 0 aliphatic carbocycles. The number of halogens is 1. The van der Waals surface area contributed by atoms with Gasteiger partial charge in [-0.3, -0.25) is 4.79 Å². The number of hydrogen-bond donors (Lipinski definition) is 1. The largest absolute Gasteiger partial charge is 0.325 e. The first-order valence-corrected chi connectivity index (χ1v) is 7.73. The molecule has 1 amide bonds. The number of benzene rings is 2. The Morgan fingerprint density at radius 2 is 1.83 bits per heavy atom. The van der Waals surface area contributed by atoms with Gasteiger partial charge in [-0.05, 0) is 36.2 Å². The quantitative estimate of drug-likeness (QED) is 0.767. The standard InChI is InChI=1S/C18H16ClN3O/c19-16-8-4-5-9-17(16)21-18(23)11-10-14-12-20-22(13-14)15-6-2-1-3-7-15/h1-9,12-13H,10-11H2,(H,21,23). The molecule has 4 nitrogen and oxygen atoms in total. The summed E-state index contributed by atoms with van der Waals surface area (Å²) in [6, 6.07) is 17.1. The van der Waals surface area contributed by atoms with Gasteiger partial charge in [0.2, 0.25) is 5.91 Å². The average Bonchev–Trinajstić information content (AvgIpc) is 3.05. The number of hydrogen-bond acceptors (Lipinski definition) is 2. The first-order chi connectivity index (χ1) is 11.2. The minimum atomic E-state index is -0.0643. The Labute approximate surface area is 139 Å². The minimum Gasteiger partial charge on any atom is -0.325 e. The fourth-order valence-electron chi connectivity index (χ4n) is 2.24. The van der Waals surface area contributed by atoms with Crippen LogP contribution in [0.3, 0.4) is 0 Å². The monoisotopic (exact) mass is 325 g/mol.